The lowest BCUT2D eigenvalue weighted by Gasteiger charge is -2.30. The maximum atomic E-state index is 13.7. The Morgan fingerprint density at radius 2 is 2.08 bits per heavy atom. The van der Waals surface area contributed by atoms with Crippen LogP contribution in [0.1, 0.15) is 52.0 Å². The molecule has 1 aromatic carbocycles. The van der Waals surface area contributed by atoms with Gasteiger partial charge in [0.15, 0.2) is 0 Å². The molecular formula is C29H34N6O3S. The zero-order chi connectivity index (χ0) is 27.9. The summed E-state index contributed by atoms with van der Waals surface area (Å²) in [5.74, 6) is -0.0616. The number of carbonyl (C=O) groups excluding carboxylic acids is 1. The van der Waals surface area contributed by atoms with E-state index < -0.39 is 0 Å². The van der Waals surface area contributed by atoms with Gasteiger partial charge < -0.3 is 25.3 Å². The summed E-state index contributed by atoms with van der Waals surface area (Å²) in [7, 11) is 1.62. The number of aliphatic imine (C=N–C) groups is 1. The molecule has 10 heteroatoms. The van der Waals surface area contributed by atoms with Crippen molar-refractivity contribution in [3.05, 3.63) is 61.2 Å². The van der Waals surface area contributed by atoms with Gasteiger partial charge in [-0.1, -0.05) is 32.9 Å². The normalized spacial score (nSPS) is 16.4. The fourth-order valence-corrected chi connectivity index (χ4v) is 7.10. The quantitative estimate of drug-likeness (QED) is 0.372. The molecule has 0 saturated carbocycles. The Balaban J connectivity index is 1.54. The smallest absolute Gasteiger partial charge is 0.295 e. The molecule has 5 rings (SSSR count). The van der Waals surface area contributed by atoms with Crippen molar-refractivity contribution in [2.45, 2.75) is 46.6 Å². The summed E-state index contributed by atoms with van der Waals surface area (Å²) in [6.07, 6.45) is 5.51. The van der Waals surface area contributed by atoms with Crippen LogP contribution in [0.4, 0.5) is 11.5 Å². The number of carbonyl (C=O) groups is 1. The lowest BCUT2D eigenvalue weighted by Crippen LogP contribution is -2.37. The number of hydrogen-bond donors (Lipinski definition) is 3. The van der Waals surface area contributed by atoms with Crippen molar-refractivity contribution in [1.82, 2.24) is 14.9 Å². The first-order valence-electron chi connectivity index (χ1n) is 13.2. The molecule has 1 aliphatic heterocycles. The van der Waals surface area contributed by atoms with E-state index in [0.717, 1.165) is 30.4 Å². The minimum Gasteiger partial charge on any atom is -0.392 e. The number of nitrogens with zero attached hydrogens (tertiary/aromatic N) is 4. The molecule has 204 valence electrons. The summed E-state index contributed by atoms with van der Waals surface area (Å²) in [5, 5.41) is 21.3. The van der Waals surface area contributed by atoms with Crippen LogP contribution in [-0.4, -0.2) is 52.1 Å². The topological polar surface area (TPSA) is 124 Å². The Morgan fingerprint density at radius 1 is 1.28 bits per heavy atom. The maximum Gasteiger partial charge on any atom is 0.295 e. The number of hydrogen-bond acceptors (Lipinski definition) is 8. The van der Waals surface area contributed by atoms with Gasteiger partial charge in [-0.05, 0) is 48.4 Å². The van der Waals surface area contributed by atoms with Gasteiger partial charge in [0.05, 0.1) is 28.6 Å². The predicted octanol–water partition coefficient (Wildman–Crippen LogP) is 3.66. The Kier molecular flexibility index (Phi) is 7.37. The maximum absolute atomic E-state index is 13.7. The minimum absolute atomic E-state index is 0.0296. The van der Waals surface area contributed by atoms with Gasteiger partial charge in [0, 0.05) is 48.6 Å². The van der Waals surface area contributed by atoms with Crippen molar-refractivity contribution in [3.8, 4) is 11.3 Å². The molecule has 0 unspecified atom stereocenters. The van der Waals surface area contributed by atoms with E-state index in [-0.39, 0.29) is 29.3 Å². The highest BCUT2D eigenvalue weighted by molar-refractivity contribution is 7.14. The number of aliphatic hydroxyl groups excluding tert-OH is 1. The minimum atomic E-state index is -0.385. The number of rotatable bonds is 8. The molecule has 0 bridgehead atoms. The average molecular weight is 547 g/mol. The van der Waals surface area contributed by atoms with Crippen molar-refractivity contribution in [3.63, 3.8) is 0 Å². The Morgan fingerprint density at radius 3 is 2.79 bits per heavy atom. The predicted molar refractivity (Wildman–Crippen MR) is 156 cm³/mol. The van der Waals surface area contributed by atoms with Crippen LogP contribution in [0.5, 0.6) is 0 Å². The molecule has 0 saturated heterocycles. The van der Waals surface area contributed by atoms with E-state index in [1.165, 1.54) is 20.6 Å². The van der Waals surface area contributed by atoms with Crippen molar-refractivity contribution < 1.29 is 9.90 Å². The number of aromatic nitrogens is 2. The van der Waals surface area contributed by atoms with Crippen molar-refractivity contribution >= 4 is 40.7 Å². The van der Waals surface area contributed by atoms with E-state index >= 15 is 0 Å². The fraction of sp³-hybridized carbons (Fsp3) is 0.414. The summed E-state index contributed by atoms with van der Waals surface area (Å²) in [6.45, 7) is 7.79. The molecule has 0 atom stereocenters. The van der Waals surface area contributed by atoms with Crippen LogP contribution in [0.25, 0.3) is 11.3 Å². The van der Waals surface area contributed by atoms with Gasteiger partial charge in [-0.25, -0.2) is 9.98 Å². The first-order valence-corrected chi connectivity index (χ1v) is 14.0. The zero-order valence-corrected chi connectivity index (χ0v) is 23.6. The second-order valence-corrected chi connectivity index (χ2v) is 12.0. The van der Waals surface area contributed by atoms with Crippen LogP contribution in [-0.2, 0) is 32.9 Å². The standard InChI is InChI=1S/C29H34N6O3S/c1-5-31-14-17(13-30)32-26-28(38)34(4)15-22(33-26)18-7-6-8-23(21(18)16-36)35-10-9-19-20-11-29(2,3)12-24(20)39-25(19)27(35)37/h6-8,13,15,30-31,36H,5,9-12,14,16H2,1-4H3. The Hall–Kier alpha value is -3.47. The van der Waals surface area contributed by atoms with Crippen LogP contribution in [0.3, 0.4) is 0 Å². The molecule has 0 radical (unpaired) electrons. The third-order valence-corrected chi connectivity index (χ3v) is 8.68. The van der Waals surface area contributed by atoms with E-state index in [1.807, 2.05) is 25.1 Å². The molecule has 1 amide bonds. The molecule has 3 heterocycles. The lowest BCUT2D eigenvalue weighted by atomic mass is 9.89. The number of amides is 1. The summed E-state index contributed by atoms with van der Waals surface area (Å²) in [5.41, 5.74) is 5.10. The van der Waals surface area contributed by atoms with Crippen LogP contribution in [0.2, 0.25) is 0 Å². The molecule has 2 aromatic heterocycles. The molecule has 2 aliphatic rings. The highest BCUT2D eigenvalue weighted by Crippen LogP contribution is 2.46. The first-order chi connectivity index (χ1) is 18.7. The molecule has 3 N–H and O–H groups in total. The number of benzene rings is 1. The monoisotopic (exact) mass is 546 g/mol. The Labute approximate surface area is 231 Å². The second-order valence-electron chi connectivity index (χ2n) is 10.9. The van der Waals surface area contributed by atoms with Crippen LogP contribution < -0.4 is 15.8 Å². The van der Waals surface area contributed by atoms with Gasteiger partial charge in [-0.3, -0.25) is 9.59 Å². The fourth-order valence-electron chi connectivity index (χ4n) is 5.53. The summed E-state index contributed by atoms with van der Waals surface area (Å²) >= 11 is 1.62. The van der Waals surface area contributed by atoms with Gasteiger partial charge >= 0.3 is 0 Å². The number of fused-ring (bicyclic) bond motifs is 3. The van der Waals surface area contributed by atoms with Gasteiger partial charge in [0.2, 0.25) is 5.82 Å². The van der Waals surface area contributed by atoms with Crippen LogP contribution >= 0.6 is 11.3 Å². The number of anilines is 1. The third kappa shape index (κ3) is 4.99. The molecule has 0 spiro atoms. The summed E-state index contributed by atoms with van der Waals surface area (Å²) in [6, 6.07) is 5.52. The third-order valence-electron chi connectivity index (χ3n) is 7.42. The largest absolute Gasteiger partial charge is 0.392 e. The lowest BCUT2D eigenvalue weighted by molar-refractivity contribution is 0.0984. The number of aryl methyl sites for hydroxylation is 1. The SMILES string of the molecule is CCNCC(C=N)=Nc1nc(-c2cccc(N3CCc4c(sc5c4CC(C)(C)C5)C3=O)c2CO)cn(C)c1=O. The molecule has 9 nitrogen and oxygen atoms in total. The molecule has 39 heavy (non-hydrogen) atoms. The van der Waals surface area contributed by atoms with Gasteiger partial charge in [-0.2, -0.15) is 0 Å². The summed E-state index contributed by atoms with van der Waals surface area (Å²) in [4.78, 5) is 39.3. The second kappa shape index (κ2) is 10.6. The average Bonchev–Trinajstić information content (AvgIpc) is 3.40. The molecule has 0 fully saturated rings. The molecular weight excluding hydrogens is 512 g/mol. The van der Waals surface area contributed by atoms with Crippen LogP contribution in [0.15, 0.2) is 34.2 Å². The van der Waals surface area contributed by atoms with Gasteiger partial charge in [0.25, 0.3) is 11.5 Å². The number of thiophene rings is 1. The van der Waals surface area contributed by atoms with E-state index in [1.54, 1.807) is 29.5 Å². The number of aliphatic hydroxyl groups is 1. The highest BCUT2D eigenvalue weighted by atomic mass is 32.1. The van der Waals surface area contributed by atoms with Gasteiger partial charge in [-0.15, -0.1) is 11.3 Å². The molecule has 3 aromatic rings. The highest BCUT2D eigenvalue weighted by Gasteiger charge is 2.38. The Bertz CT molecular complexity index is 1550. The van der Waals surface area contributed by atoms with Crippen molar-refractivity contribution in [2.24, 2.45) is 17.5 Å². The van der Waals surface area contributed by atoms with E-state index in [4.69, 9.17) is 5.41 Å². The van der Waals surface area contributed by atoms with Crippen LogP contribution in [0, 0.1) is 10.8 Å². The van der Waals surface area contributed by atoms with Crippen molar-refractivity contribution in [1.29, 1.82) is 5.41 Å². The molecule has 1 aliphatic carbocycles. The van der Waals surface area contributed by atoms with E-state index in [0.29, 0.717) is 47.9 Å². The van der Waals surface area contributed by atoms with E-state index in [2.05, 4.69) is 29.1 Å². The van der Waals surface area contributed by atoms with Gasteiger partial charge in [0.1, 0.15) is 0 Å². The summed E-state index contributed by atoms with van der Waals surface area (Å²) < 4.78 is 1.40. The van der Waals surface area contributed by atoms with E-state index in [9.17, 15) is 14.7 Å². The first kappa shape index (κ1) is 27.1. The van der Waals surface area contributed by atoms with Crippen molar-refractivity contribution in [2.75, 3.05) is 24.5 Å². The number of nitrogens with one attached hydrogen (secondary N) is 2. The zero-order valence-electron chi connectivity index (χ0n) is 22.8.